The molecule has 5 nitrogen and oxygen atoms in total. The number of nitrogens with zero attached hydrogens (tertiary/aromatic N) is 2. The van der Waals surface area contributed by atoms with Gasteiger partial charge in [0.2, 0.25) is 0 Å². The lowest BCUT2D eigenvalue weighted by Crippen LogP contribution is -2.53. The van der Waals surface area contributed by atoms with E-state index >= 15 is 0 Å². The van der Waals surface area contributed by atoms with E-state index in [-0.39, 0.29) is 39.4 Å². The van der Waals surface area contributed by atoms with Crippen LogP contribution in [-0.4, -0.2) is 86.8 Å². The monoisotopic (exact) mass is 600 g/mol. The first-order valence-electron chi connectivity index (χ1n) is 12.4. The van der Waals surface area contributed by atoms with Crippen molar-refractivity contribution in [3.8, 4) is 0 Å². The Balaban J connectivity index is 1.43. The highest BCUT2D eigenvalue weighted by molar-refractivity contribution is 6.30. The van der Waals surface area contributed by atoms with E-state index in [4.69, 9.17) is 37.4 Å². The van der Waals surface area contributed by atoms with E-state index in [2.05, 4.69) is 0 Å². The predicted octanol–water partition coefficient (Wildman–Crippen LogP) is 6.32. The largest absolute Gasteiger partial charge is 0.415 e. The maximum atomic E-state index is 14.0. The van der Waals surface area contributed by atoms with Gasteiger partial charge in [-0.25, -0.2) is 0 Å². The Morgan fingerprint density at radius 3 is 1.51 bits per heavy atom. The molecule has 2 saturated heterocycles. The number of ether oxygens (including phenoxy) is 3. The zero-order chi connectivity index (χ0) is 28.2. The van der Waals surface area contributed by atoms with Crippen LogP contribution in [0, 0.1) is 0 Å². The number of hydrogen-bond acceptors (Lipinski definition) is 5. The molecular formula is C26H28Cl2F6N2O3. The van der Waals surface area contributed by atoms with Gasteiger partial charge in [0.15, 0.2) is 12.2 Å². The van der Waals surface area contributed by atoms with Crippen molar-refractivity contribution in [3.63, 3.8) is 0 Å². The van der Waals surface area contributed by atoms with Gasteiger partial charge in [-0.2, -0.15) is 26.3 Å². The van der Waals surface area contributed by atoms with Crippen molar-refractivity contribution in [2.75, 3.05) is 52.5 Å². The van der Waals surface area contributed by atoms with Gasteiger partial charge < -0.3 is 14.2 Å². The topological polar surface area (TPSA) is 34.2 Å². The Morgan fingerprint density at radius 1 is 0.744 bits per heavy atom. The minimum atomic E-state index is -5.01. The maximum Gasteiger partial charge on any atom is 0.415 e. The first-order valence-corrected chi connectivity index (χ1v) is 13.1. The van der Waals surface area contributed by atoms with Crippen LogP contribution in [-0.2, 0) is 14.2 Å². The number of alkyl halides is 6. The summed E-state index contributed by atoms with van der Waals surface area (Å²) in [4.78, 5) is 2.81. The average molecular weight is 601 g/mol. The lowest BCUT2D eigenvalue weighted by Gasteiger charge is -2.38. The summed E-state index contributed by atoms with van der Waals surface area (Å²) in [6.07, 6.45) is -16.5. The van der Waals surface area contributed by atoms with Crippen LogP contribution in [0.3, 0.4) is 0 Å². The molecule has 0 saturated carbocycles. The van der Waals surface area contributed by atoms with Crippen LogP contribution in [0.4, 0.5) is 26.3 Å². The molecular weight excluding hydrogens is 573 g/mol. The molecule has 0 bridgehead atoms. The molecule has 2 aromatic rings. The lowest BCUT2D eigenvalue weighted by molar-refractivity contribution is -0.292. The van der Waals surface area contributed by atoms with Crippen LogP contribution >= 0.6 is 23.2 Å². The molecule has 13 heteroatoms. The number of morpholine rings is 2. The highest BCUT2D eigenvalue weighted by atomic mass is 35.5. The van der Waals surface area contributed by atoms with Gasteiger partial charge in [0.25, 0.3) is 0 Å². The summed E-state index contributed by atoms with van der Waals surface area (Å²) in [5.41, 5.74) is 1.35. The third-order valence-corrected chi connectivity index (χ3v) is 7.12. The van der Waals surface area contributed by atoms with Crippen LogP contribution in [0.2, 0.25) is 10.0 Å². The summed E-state index contributed by atoms with van der Waals surface area (Å²) >= 11 is 12.0. The average Bonchev–Trinajstić information content (AvgIpc) is 2.87. The zero-order valence-electron chi connectivity index (χ0n) is 20.7. The molecule has 2 aliphatic rings. The summed E-state index contributed by atoms with van der Waals surface area (Å²) in [5, 5.41) is 0.886. The van der Waals surface area contributed by atoms with Crippen LogP contribution in [0.5, 0.6) is 0 Å². The molecule has 2 heterocycles. The van der Waals surface area contributed by atoms with Gasteiger partial charge in [0, 0.05) is 49.3 Å². The Bertz CT molecular complexity index is 1010. The van der Waals surface area contributed by atoms with Gasteiger partial charge in [-0.15, -0.1) is 0 Å². The standard InChI is InChI=1S/C26H28Cl2F6N2O3/c27-19-5-1-3-17(11-19)21-13-35(7-9-37-21)15-23(25(29,30)31)39-24(26(32,33)34)16-36-8-10-38-22(14-36)18-4-2-6-20(28)12-18/h1-6,11-12,21-24H,7-10,13-16H2/t21?,22?,23-,24-/m0/s1. The van der Waals surface area contributed by atoms with Crippen molar-refractivity contribution in [2.24, 2.45) is 0 Å². The molecule has 2 aliphatic heterocycles. The molecule has 2 fully saturated rings. The molecule has 0 radical (unpaired) electrons. The summed E-state index contributed by atoms with van der Waals surface area (Å²) in [5.74, 6) is 0. The summed E-state index contributed by atoms with van der Waals surface area (Å²) in [6.45, 7) is -0.944. The maximum absolute atomic E-state index is 14.0. The van der Waals surface area contributed by atoms with E-state index in [0.29, 0.717) is 21.2 Å². The van der Waals surface area contributed by atoms with Crippen molar-refractivity contribution in [2.45, 2.75) is 36.8 Å². The van der Waals surface area contributed by atoms with Crippen molar-refractivity contribution in [1.82, 2.24) is 9.80 Å². The fourth-order valence-corrected chi connectivity index (χ4v) is 5.07. The fourth-order valence-electron chi connectivity index (χ4n) is 4.67. The van der Waals surface area contributed by atoms with Gasteiger partial charge in [0.05, 0.1) is 25.4 Å². The van der Waals surface area contributed by atoms with E-state index in [1.807, 2.05) is 0 Å². The third-order valence-electron chi connectivity index (χ3n) is 6.65. The van der Waals surface area contributed by atoms with Gasteiger partial charge >= 0.3 is 12.4 Å². The molecule has 39 heavy (non-hydrogen) atoms. The first kappa shape index (κ1) is 30.4. The molecule has 2 aromatic carbocycles. The second-order valence-electron chi connectivity index (χ2n) is 9.54. The summed E-state index contributed by atoms with van der Waals surface area (Å²) in [7, 11) is 0. The molecule has 0 amide bonds. The Labute approximate surface area is 232 Å². The molecule has 0 aromatic heterocycles. The van der Waals surface area contributed by atoms with Crippen molar-refractivity contribution in [3.05, 3.63) is 69.7 Å². The zero-order valence-corrected chi connectivity index (χ0v) is 22.2. The smallest absolute Gasteiger partial charge is 0.371 e. The lowest BCUT2D eigenvalue weighted by atomic mass is 10.1. The van der Waals surface area contributed by atoms with E-state index in [0.717, 1.165) is 0 Å². The second kappa shape index (κ2) is 12.9. The minimum Gasteiger partial charge on any atom is -0.371 e. The highest BCUT2D eigenvalue weighted by Gasteiger charge is 2.50. The summed E-state index contributed by atoms with van der Waals surface area (Å²) < 4.78 is 100. The van der Waals surface area contributed by atoms with E-state index < -0.39 is 49.9 Å². The Morgan fingerprint density at radius 2 is 1.15 bits per heavy atom. The van der Waals surface area contributed by atoms with Crippen molar-refractivity contribution >= 4 is 23.2 Å². The molecule has 4 rings (SSSR count). The van der Waals surface area contributed by atoms with Crippen LogP contribution in [0.1, 0.15) is 23.3 Å². The minimum absolute atomic E-state index is 0.0533. The fraction of sp³-hybridized carbons (Fsp3) is 0.538. The van der Waals surface area contributed by atoms with E-state index in [1.54, 1.807) is 48.5 Å². The van der Waals surface area contributed by atoms with Crippen molar-refractivity contribution < 1.29 is 40.6 Å². The first-order chi connectivity index (χ1) is 18.4. The Hall–Kier alpha value is -1.60. The second-order valence-corrected chi connectivity index (χ2v) is 10.4. The number of rotatable bonds is 8. The number of halogens is 8. The molecule has 0 aliphatic carbocycles. The van der Waals surface area contributed by atoms with E-state index in [1.165, 1.54) is 9.80 Å². The molecule has 2 unspecified atom stereocenters. The van der Waals surface area contributed by atoms with Crippen LogP contribution in [0.15, 0.2) is 48.5 Å². The summed E-state index contributed by atoms with van der Waals surface area (Å²) in [6, 6.07) is 13.5. The Kier molecular flexibility index (Phi) is 10.1. The van der Waals surface area contributed by atoms with Gasteiger partial charge in [-0.1, -0.05) is 47.5 Å². The van der Waals surface area contributed by atoms with Gasteiger partial charge in [-0.3, -0.25) is 9.80 Å². The van der Waals surface area contributed by atoms with Gasteiger partial charge in [0.1, 0.15) is 0 Å². The van der Waals surface area contributed by atoms with Gasteiger partial charge in [-0.05, 0) is 35.4 Å². The van der Waals surface area contributed by atoms with Crippen LogP contribution < -0.4 is 0 Å². The number of hydrogen-bond donors (Lipinski definition) is 0. The molecule has 4 atom stereocenters. The molecule has 0 N–H and O–H groups in total. The number of benzene rings is 2. The molecule has 0 spiro atoms. The highest BCUT2D eigenvalue weighted by Crippen LogP contribution is 2.33. The third kappa shape index (κ3) is 8.69. The van der Waals surface area contributed by atoms with E-state index in [9.17, 15) is 26.3 Å². The normalized spacial score (nSPS) is 23.5. The molecule has 216 valence electrons. The van der Waals surface area contributed by atoms with Crippen molar-refractivity contribution in [1.29, 1.82) is 0 Å². The van der Waals surface area contributed by atoms with Crippen LogP contribution in [0.25, 0.3) is 0 Å². The SMILES string of the molecule is FC(F)(F)[C@H](CN1CCOC(c2cccc(Cl)c2)C1)O[C@@H](CN1CCOC(c2cccc(Cl)c2)C1)C(F)(F)F. The predicted molar refractivity (Wildman–Crippen MR) is 134 cm³/mol. The quantitative estimate of drug-likeness (QED) is 0.331.